The highest BCUT2D eigenvalue weighted by atomic mass is 16.7. The molecule has 11 nitrogen and oxygen atoms in total. The molecule has 154 valence electrons. The van der Waals surface area contributed by atoms with E-state index in [9.17, 15) is 19.7 Å². The summed E-state index contributed by atoms with van der Waals surface area (Å²) in [6, 6.07) is 7.43. The smallest absolute Gasteiger partial charge is 0.351 e. The highest BCUT2D eigenvalue weighted by Crippen LogP contribution is 2.32. The van der Waals surface area contributed by atoms with Crippen molar-refractivity contribution in [3.63, 3.8) is 0 Å². The van der Waals surface area contributed by atoms with E-state index in [1.807, 2.05) is 0 Å². The molecule has 0 amide bonds. The zero-order chi connectivity index (χ0) is 21.2. The van der Waals surface area contributed by atoms with Crippen molar-refractivity contribution in [2.45, 2.75) is 31.8 Å². The number of benzene rings is 1. The highest BCUT2D eigenvalue weighted by molar-refractivity contribution is 5.83. The van der Waals surface area contributed by atoms with E-state index >= 15 is 0 Å². The Kier molecular flexibility index (Phi) is 5.62. The lowest BCUT2D eigenvalue weighted by Gasteiger charge is -2.23. The summed E-state index contributed by atoms with van der Waals surface area (Å²) < 4.78 is 17.5. The molecule has 0 spiro atoms. The van der Waals surface area contributed by atoms with E-state index in [4.69, 9.17) is 19.9 Å². The van der Waals surface area contributed by atoms with E-state index in [-0.39, 0.29) is 30.3 Å². The second kappa shape index (κ2) is 7.97. The lowest BCUT2D eigenvalue weighted by molar-refractivity contribution is -0.386. The van der Waals surface area contributed by atoms with Gasteiger partial charge < -0.3 is 19.9 Å². The average Bonchev–Trinajstić information content (AvgIpc) is 3.14. The summed E-state index contributed by atoms with van der Waals surface area (Å²) in [5.41, 5.74) is 3.67. The first-order chi connectivity index (χ1) is 13.7. The number of nitrogens with two attached hydrogens (primary N) is 1. The van der Waals surface area contributed by atoms with Crippen molar-refractivity contribution in [1.29, 1.82) is 0 Å². The van der Waals surface area contributed by atoms with Gasteiger partial charge in [0.2, 0.25) is 0 Å². The number of ether oxygens (including phenoxy) is 3. The van der Waals surface area contributed by atoms with Gasteiger partial charge in [0.15, 0.2) is 12.5 Å². The number of aromatic nitrogens is 2. The average molecular weight is 404 g/mol. The minimum atomic E-state index is -1.26. The Hall–Kier alpha value is -3.31. The largest absolute Gasteiger partial charge is 0.460 e. The summed E-state index contributed by atoms with van der Waals surface area (Å²) in [6.45, 7) is 2.89. The van der Waals surface area contributed by atoms with Gasteiger partial charge in [-0.25, -0.2) is 4.79 Å². The summed E-state index contributed by atoms with van der Waals surface area (Å²) in [5, 5.41) is 11.3. The second-order valence-corrected chi connectivity index (χ2v) is 6.89. The van der Waals surface area contributed by atoms with Gasteiger partial charge in [0.25, 0.3) is 5.69 Å². The number of rotatable bonds is 6. The Labute approximate surface area is 165 Å². The molecule has 1 aromatic heterocycles. The van der Waals surface area contributed by atoms with Crippen molar-refractivity contribution >= 4 is 17.5 Å². The molecular formula is C18H20N4O7. The molecule has 2 N–H and O–H groups in total. The Morgan fingerprint density at radius 2 is 2.14 bits per heavy atom. The van der Waals surface area contributed by atoms with Crippen LogP contribution in [0.15, 0.2) is 41.3 Å². The fourth-order valence-electron chi connectivity index (χ4n) is 2.92. The predicted molar refractivity (Wildman–Crippen MR) is 99.9 cm³/mol. The van der Waals surface area contributed by atoms with Gasteiger partial charge >= 0.3 is 11.7 Å². The Morgan fingerprint density at radius 3 is 2.83 bits per heavy atom. The molecular weight excluding hydrogens is 384 g/mol. The maximum absolute atomic E-state index is 12.6. The SMILES string of the molecule is CC(C)(C(=O)OCC1OC[C@@H](n2ccc(N)nc2=O)O1)c1ccccc1[N+](=O)[O-]. The predicted octanol–water partition coefficient (Wildman–Crippen LogP) is 1.13. The lowest BCUT2D eigenvalue weighted by Crippen LogP contribution is -2.34. The van der Waals surface area contributed by atoms with Crippen LogP contribution in [0.1, 0.15) is 25.6 Å². The minimum absolute atomic E-state index is 0.0568. The first-order valence-corrected chi connectivity index (χ1v) is 8.73. The normalized spacial score (nSPS) is 19.1. The molecule has 1 unspecified atom stereocenters. The standard InChI is InChI=1S/C18H20N4O7/c1-18(2,11-5-3-4-6-12(11)22(25)26)16(23)28-10-15-27-9-14(29-15)21-8-7-13(19)20-17(21)24/h3-8,14-15H,9-10H2,1-2H3,(H2,19,20,24)/t14-,15?/m0/s1. The first kappa shape index (κ1) is 20.4. The maximum atomic E-state index is 12.6. The number of esters is 1. The third-order valence-corrected chi connectivity index (χ3v) is 4.53. The summed E-state index contributed by atoms with van der Waals surface area (Å²) in [5.74, 6) is -0.582. The van der Waals surface area contributed by atoms with Crippen molar-refractivity contribution < 1.29 is 23.9 Å². The molecule has 0 aliphatic carbocycles. The quantitative estimate of drug-likeness (QED) is 0.424. The number of hydrogen-bond acceptors (Lipinski definition) is 9. The molecule has 1 aromatic carbocycles. The van der Waals surface area contributed by atoms with Crippen LogP contribution in [-0.2, 0) is 24.4 Å². The van der Waals surface area contributed by atoms with Crippen LogP contribution in [0.5, 0.6) is 0 Å². The fourth-order valence-corrected chi connectivity index (χ4v) is 2.92. The molecule has 0 bridgehead atoms. The van der Waals surface area contributed by atoms with Crippen LogP contribution in [0.3, 0.4) is 0 Å². The number of hydrogen-bond donors (Lipinski definition) is 1. The van der Waals surface area contributed by atoms with Gasteiger partial charge in [-0.05, 0) is 19.9 Å². The van der Waals surface area contributed by atoms with E-state index in [0.29, 0.717) is 0 Å². The zero-order valence-electron chi connectivity index (χ0n) is 15.8. The van der Waals surface area contributed by atoms with Crippen molar-refractivity contribution in [2.24, 2.45) is 0 Å². The maximum Gasteiger partial charge on any atom is 0.351 e. The number of para-hydroxylation sites is 1. The number of nitrogen functional groups attached to an aromatic ring is 1. The summed E-state index contributed by atoms with van der Waals surface area (Å²) in [4.78, 5) is 38.8. The van der Waals surface area contributed by atoms with Crippen molar-refractivity contribution in [3.05, 3.63) is 62.7 Å². The molecule has 2 heterocycles. The van der Waals surface area contributed by atoms with Crippen LogP contribution in [-0.4, -0.2) is 39.9 Å². The minimum Gasteiger partial charge on any atom is -0.460 e. The van der Waals surface area contributed by atoms with E-state index in [2.05, 4.69) is 4.98 Å². The van der Waals surface area contributed by atoms with Gasteiger partial charge in [0, 0.05) is 17.8 Å². The monoisotopic (exact) mass is 404 g/mol. The van der Waals surface area contributed by atoms with Gasteiger partial charge in [-0.2, -0.15) is 4.98 Å². The second-order valence-electron chi connectivity index (χ2n) is 6.89. The molecule has 2 atom stereocenters. The molecule has 29 heavy (non-hydrogen) atoms. The van der Waals surface area contributed by atoms with Gasteiger partial charge in [0.1, 0.15) is 12.4 Å². The fraction of sp³-hybridized carbons (Fsp3) is 0.389. The molecule has 0 saturated carbocycles. The van der Waals surface area contributed by atoms with Crippen LogP contribution in [0, 0.1) is 10.1 Å². The van der Waals surface area contributed by atoms with Crippen molar-refractivity contribution in [2.75, 3.05) is 18.9 Å². The Balaban J connectivity index is 1.64. The third kappa shape index (κ3) is 4.25. The van der Waals surface area contributed by atoms with Crippen LogP contribution in [0.25, 0.3) is 0 Å². The van der Waals surface area contributed by atoms with Crippen LogP contribution < -0.4 is 11.4 Å². The van der Waals surface area contributed by atoms with Crippen molar-refractivity contribution in [1.82, 2.24) is 9.55 Å². The molecule has 1 aliphatic heterocycles. The van der Waals surface area contributed by atoms with E-state index in [0.717, 1.165) is 0 Å². The number of nitrogens with zero attached hydrogens (tertiary/aromatic N) is 3. The summed E-state index contributed by atoms with van der Waals surface area (Å²) in [6.07, 6.45) is -0.192. The Bertz CT molecular complexity index is 988. The number of nitro groups is 1. The van der Waals surface area contributed by atoms with Gasteiger partial charge in [0.05, 0.1) is 16.9 Å². The molecule has 0 radical (unpaired) electrons. The number of anilines is 1. The van der Waals surface area contributed by atoms with Gasteiger partial charge in [-0.1, -0.05) is 18.2 Å². The first-order valence-electron chi connectivity index (χ1n) is 8.73. The van der Waals surface area contributed by atoms with E-state index < -0.39 is 34.5 Å². The zero-order valence-corrected chi connectivity index (χ0v) is 15.8. The van der Waals surface area contributed by atoms with Gasteiger partial charge in [-0.3, -0.25) is 19.5 Å². The summed E-state index contributed by atoms with van der Waals surface area (Å²) >= 11 is 0. The molecule has 11 heteroatoms. The molecule has 3 rings (SSSR count). The summed E-state index contributed by atoms with van der Waals surface area (Å²) in [7, 11) is 0. The molecule has 2 aromatic rings. The van der Waals surface area contributed by atoms with E-state index in [1.165, 1.54) is 48.9 Å². The topological polar surface area (TPSA) is 149 Å². The lowest BCUT2D eigenvalue weighted by atomic mass is 9.83. The molecule has 1 fully saturated rings. The molecule has 1 saturated heterocycles. The Morgan fingerprint density at radius 1 is 1.41 bits per heavy atom. The van der Waals surface area contributed by atoms with Crippen LogP contribution in [0.2, 0.25) is 0 Å². The number of nitro benzene ring substituents is 1. The van der Waals surface area contributed by atoms with Crippen LogP contribution >= 0.6 is 0 Å². The highest BCUT2D eigenvalue weighted by Gasteiger charge is 2.38. The number of carbonyl (C=O) groups excluding carboxylic acids is 1. The van der Waals surface area contributed by atoms with E-state index in [1.54, 1.807) is 6.07 Å². The molecule has 1 aliphatic rings. The van der Waals surface area contributed by atoms with Gasteiger partial charge in [-0.15, -0.1) is 0 Å². The van der Waals surface area contributed by atoms with Crippen molar-refractivity contribution in [3.8, 4) is 0 Å². The van der Waals surface area contributed by atoms with Crippen LogP contribution in [0.4, 0.5) is 11.5 Å². The number of carbonyl (C=O) groups is 1. The third-order valence-electron chi connectivity index (χ3n) is 4.53.